The average molecular weight is 406 g/mol. The summed E-state index contributed by atoms with van der Waals surface area (Å²) in [5, 5.41) is 8.46. The van der Waals surface area contributed by atoms with Crippen LogP contribution in [0.2, 0.25) is 0 Å². The first kappa shape index (κ1) is 20.5. The Labute approximate surface area is 178 Å². The topological polar surface area (TPSA) is 63.1 Å². The molecular formula is C24H31N5O. The third-order valence-electron chi connectivity index (χ3n) is 6.13. The van der Waals surface area contributed by atoms with Crippen LogP contribution in [0, 0.1) is 6.92 Å². The predicted molar refractivity (Wildman–Crippen MR) is 121 cm³/mol. The largest absolute Gasteiger partial charge is 0.352 e. The van der Waals surface area contributed by atoms with E-state index in [1.54, 1.807) is 4.68 Å². The molecule has 0 saturated carbocycles. The van der Waals surface area contributed by atoms with Gasteiger partial charge in [0, 0.05) is 31.7 Å². The molecule has 4 rings (SSSR count). The van der Waals surface area contributed by atoms with Crippen LogP contribution in [0.25, 0.3) is 22.3 Å². The standard InChI is InChI=1S/C24H31N5O/c1-17-10-7-8-14-29(17)15-9-13-25-24(30)20-16-21(19-11-5-4-6-12-19)26-23-22(20)18(2)27-28(23)3/h4-6,11-12,16-17H,7-10,13-15H2,1-3H3,(H,25,30). The third kappa shape index (κ3) is 4.24. The van der Waals surface area contributed by atoms with Gasteiger partial charge in [0.2, 0.25) is 0 Å². The van der Waals surface area contributed by atoms with E-state index in [4.69, 9.17) is 4.98 Å². The number of amides is 1. The summed E-state index contributed by atoms with van der Waals surface area (Å²) in [5.41, 5.74) is 3.99. The first-order valence-corrected chi connectivity index (χ1v) is 11.0. The summed E-state index contributed by atoms with van der Waals surface area (Å²) in [7, 11) is 1.87. The molecule has 3 aromatic rings. The van der Waals surface area contributed by atoms with Gasteiger partial charge in [0.15, 0.2) is 5.65 Å². The van der Waals surface area contributed by atoms with E-state index in [1.165, 1.54) is 25.8 Å². The fourth-order valence-corrected chi connectivity index (χ4v) is 4.45. The minimum Gasteiger partial charge on any atom is -0.352 e. The Balaban J connectivity index is 1.52. The molecule has 1 aromatic carbocycles. The number of pyridine rings is 1. The number of nitrogens with zero attached hydrogens (tertiary/aromatic N) is 4. The summed E-state index contributed by atoms with van der Waals surface area (Å²) < 4.78 is 1.76. The second-order valence-corrected chi connectivity index (χ2v) is 8.32. The van der Waals surface area contributed by atoms with Crippen LogP contribution >= 0.6 is 0 Å². The van der Waals surface area contributed by atoms with Crippen molar-refractivity contribution in [1.29, 1.82) is 0 Å². The lowest BCUT2D eigenvalue weighted by molar-refractivity contribution is 0.0950. The molecule has 6 heteroatoms. The van der Waals surface area contributed by atoms with E-state index in [9.17, 15) is 4.79 Å². The number of hydrogen-bond donors (Lipinski definition) is 1. The van der Waals surface area contributed by atoms with Crippen molar-refractivity contribution in [2.75, 3.05) is 19.6 Å². The molecule has 1 aliphatic heterocycles. The van der Waals surface area contributed by atoms with Gasteiger partial charge in [-0.25, -0.2) is 4.98 Å². The average Bonchev–Trinajstić information content (AvgIpc) is 3.06. The van der Waals surface area contributed by atoms with Gasteiger partial charge in [-0.1, -0.05) is 36.8 Å². The number of aromatic nitrogens is 3. The fraction of sp³-hybridized carbons (Fsp3) is 0.458. The number of carbonyl (C=O) groups excluding carboxylic acids is 1. The quantitative estimate of drug-likeness (QED) is 0.631. The summed E-state index contributed by atoms with van der Waals surface area (Å²) in [6.07, 6.45) is 4.86. The minimum absolute atomic E-state index is 0.0534. The summed E-state index contributed by atoms with van der Waals surface area (Å²) in [6, 6.07) is 12.5. The Bertz CT molecular complexity index is 1030. The summed E-state index contributed by atoms with van der Waals surface area (Å²) in [4.78, 5) is 20.5. The molecule has 158 valence electrons. The van der Waals surface area contributed by atoms with Gasteiger partial charge in [-0.2, -0.15) is 5.10 Å². The summed E-state index contributed by atoms with van der Waals surface area (Å²) >= 11 is 0. The van der Waals surface area contributed by atoms with Gasteiger partial charge in [0.25, 0.3) is 5.91 Å². The maximum absolute atomic E-state index is 13.1. The highest BCUT2D eigenvalue weighted by atomic mass is 16.1. The molecule has 2 aromatic heterocycles. The van der Waals surface area contributed by atoms with Crippen molar-refractivity contribution in [2.45, 2.75) is 45.6 Å². The van der Waals surface area contributed by atoms with Gasteiger partial charge >= 0.3 is 0 Å². The van der Waals surface area contributed by atoms with E-state index < -0.39 is 0 Å². The van der Waals surface area contributed by atoms with Gasteiger partial charge in [-0.3, -0.25) is 9.48 Å². The molecule has 0 bridgehead atoms. The van der Waals surface area contributed by atoms with Crippen molar-refractivity contribution in [3.63, 3.8) is 0 Å². The molecule has 0 aliphatic carbocycles. The van der Waals surface area contributed by atoms with Gasteiger partial charge in [-0.05, 0) is 45.7 Å². The molecule has 0 radical (unpaired) electrons. The van der Waals surface area contributed by atoms with Crippen molar-refractivity contribution in [2.24, 2.45) is 7.05 Å². The van der Waals surface area contributed by atoms with Crippen LogP contribution in [0.15, 0.2) is 36.4 Å². The first-order valence-electron chi connectivity index (χ1n) is 11.0. The number of benzene rings is 1. The Morgan fingerprint density at radius 2 is 2.03 bits per heavy atom. The Kier molecular flexibility index (Phi) is 6.13. The van der Waals surface area contributed by atoms with Crippen LogP contribution in [0.1, 0.15) is 48.7 Å². The van der Waals surface area contributed by atoms with Crippen molar-refractivity contribution in [3.8, 4) is 11.3 Å². The highest BCUT2D eigenvalue weighted by molar-refractivity contribution is 6.07. The number of aryl methyl sites for hydroxylation is 2. The van der Waals surface area contributed by atoms with Crippen LogP contribution in [0.5, 0.6) is 0 Å². The van der Waals surface area contributed by atoms with E-state index in [-0.39, 0.29) is 5.91 Å². The van der Waals surface area contributed by atoms with Crippen LogP contribution in [0.3, 0.4) is 0 Å². The number of hydrogen-bond acceptors (Lipinski definition) is 4. The highest BCUT2D eigenvalue weighted by Crippen LogP contribution is 2.26. The second-order valence-electron chi connectivity index (χ2n) is 8.32. The zero-order valence-corrected chi connectivity index (χ0v) is 18.2. The lowest BCUT2D eigenvalue weighted by Crippen LogP contribution is -2.39. The Hall–Kier alpha value is -2.73. The van der Waals surface area contributed by atoms with Crippen LogP contribution in [0.4, 0.5) is 0 Å². The molecule has 1 N–H and O–H groups in total. The van der Waals surface area contributed by atoms with Crippen LogP contribution < -0.4 is 5.32 Å². The first-order chi connectivity index (χ1) is 14.5. The van der Waals surface area contributed by atoms with Crippen molar-refractivity contribution >= 4 is 16.9 Å². The van der Waals surface area contributed by atoms with E-state index in [1.807, 2.05) is 50.4 Å². The van der Waals surface area contributed by atoms with Gasteiger partial charge < -0.3 is 10.2 Å². The summed E-state index contributed by atoms with van der Waals surface area (Å²) in [6.45, 7) is 7.12. The molecule has 0 spiro atoms. The lowest BCUT2D eigenvalue weighted by atomic mass is 10.0. The lowest BCUT2D eigenvalue weighted by Gasteiger charge is -2.33. The molecule has 3 heterocycles. The van der Waals surface area contributed by atoms with Crippen molar-refractivity contribution in [3.05, 3.63) is 47.7 Å². The predicted octanol–water partition coefficient (Wildman–Crippen LogP) is 3.94. The zero-order chi connectivity index (χ0) is 21.1. The number of likely N-dealkylation sites (tertiary alicyclic amines) is 1. The number of nitrogens with one attached hydrogen (secondary N) is 1. The number of rotatable bonds is 6. The fourth-order valence-electron chi connectivity index (χ4n) is 4.45. The smallest absolute Gasteiger partial charge is 0.252 e. The maximum atomic E-state index is 13.1. The van der Waals surface area contributed by atoms with Gasteiger partial charge in [0.1, 0.15) is 0 Å². The molecule has 1 aliphatic rings. The molecule has 6 nitrogen and oxygen atoms in total. The van der Waals surface area contributed by atoms with Crippen molar-refractivity contribution < 1.29 is 4.79 Å². The minimum atomic E-state index is -0.0534. The Morgan fingerprint density at radius 3 is 2.80 bits per heavy atom. The SMILES string of the molecule is Cc1nn(C)c2nc(-c3ccccc3)cc(C(=O)NCCCN3CCCCC3C)c12. The number of piperidine rings is 1. The van der Waals surface area contributed by atoms with Gasteiger partial charge in [0.05, 0.1) is 22.3 Å². The van der Waals surface area contributed by atoms with E-state index >= 15 is 0 Å². The molecule has 1 unspecified atom stereocenters. The third-order valence-corrected chi connectivity index (χ3v) is 6.13. The normalized spacial score (nSPS) is 17.4. The van der Waals surface area contributed by atoms with E-state index in [2.05, 4.69) is 22.2 Å². The monoisotopic (exact) mass is 405 g/mol. The molecule has 30 heavy (non-hydrogen) atoms. The summed E-state index contributed by atoms with van der Waals surface area (Å²) in [5.74, 6) is -0.0534. The molecule has 1 saturated heterocycles. The molecular weight excluding hydrogens is 374 g/mol. The Morgan fingerprint density at radius 1 is 1.23 bits per heavy atom. The zero-order valence-electron chi connectivity index (χ0n) is 18.2. The van der Waals surface area contributed by atoms with Crippen LogP contribution in [-0.2, 0) is 7.05 Å². The highest BCUT2D eigenvalue weighted by Gasteiger charge is 2.20. The van der Waals surface area contributed by atoms with Crippen LogP contribution in [-0.4, -0.2) is 51.2 Å². The maximum Gasteiger partial charge on any atom is 0.252 e. The number of fused-ring (bicyclic) bond motifs is 1. The molecule has 1 amide bonds. The molecule has 1 fully saturated rings. The second kappa shape index (κ2) is 8.96. The molecule has 1 atom stereocenters. The van der Waals surface area contributed by atoms with E-state index in [0.717, 1.165) is 41.0 Å². The van der Waals surface area contributed by atoms with Crippen molar-refractivity contribution in [1.82, 2.24) is 25.0 Å². The number of carbonyl (C=O) groups is 1. The van der Waals surface area contributed by atoms with E-state index in [0.29, 0.717) is 18.2 Å². The van der Waals surface area contributed by atoms with Gasteiger partial charge in [-0.15, -0.1) is 0 Å².